The molecule has 1 fully saturated rings. The fourth-order valence-corrected chi connectivity index (χ4v) is 2.13. The molecular formula is C13H27N. The molecule has 1 aliphatic rings. The molecule has 0 atom stereocenters. The van der Waals surface area contributed by atoms with Crippen LogP contribution in [0.5, 0.6) is 0 Å². The van der Waals surface area contributed by atoms with Gasteiger partial charge in [-0.1, -0.05) is 40.0 Å². The summed E-state index contributed by atoms with van der Waals surface area (Å²) in [6, 6.07) is 0. The zero-order chi connectivity index (χ0) is 10.4. The normalized spacial score (nSPS) is 18.9. The second kappa shape index (κ2) is 5.75. The van der Waals surface area contributed by atoms with E-state index in [9.17, 15) is 0 Å². The first kappa shape index (κ1) is 12.0. The minimum Gasteiger partial charge on any atom is -0.316 e. The summed E-state index contributed by atoms with van der Waals surface area (Å²) in [5.41, 5.74) is 0.685. The quantitative estimate of drug-likeness (QED) is 0.586. The average molecular weight is 197 g/mol. The summed E-state index contributed by atoms with van der Waals surface area (Å²) in [4.78, 5) is 0. The molecule has 0 radical (unpaired) electrons. The Kier molecular flexibility index (Phi) is 4.94. The van der Waals surface area contributed by atoms with Crippen molar-refractivity contribution in [3.05, 3.63) is 0 Å². The van der Waals surface area contributed by atoms with Crippen LogP contribution in [0.15, 0.2) is 0 Å². The molecule has 14 heavy (non-hydrogen) atoms. The average Bonchev–Trinajstić information content (AvgIpc) is 2.92. The van der Waals surface area contributed by atoms with Gasteiger partial charge >= 0.3 is 0 Å². The zero-order valence-electron chi connectivity index (χ0n) is 10.2. The third kappa shape index (κ3) is 3.61. The van der Waals surface area contributed by atoms with E-state index in [1.165, 1.54) is 51.6 Å². The van der Waals surface area contributed by atoms with Crippen molar-refractivity contribution in [2.75, 3.05) is 13.1 Å². The molecule has 0 unspecified atom stereocenters. The van der Waals surface area contributed by atoms with Gasteiger partial charge in [0.25, 0.3) is 0 Å². The highest BCUT2D eigenvalue weighted by Crippen LogP contribution is 2.51. The Labute approximate surface area is 89.7 Å². The second-order valence-corrected chi connectivity index (χ2v) is 5.25. The molecule has 0 bridgehead atoms. The Hall–Kier alpha value is -0.0400. The lowest BCUT2D eigenvalue weighted by Gasteiger charge is -2.19. The SMILES string of the molecule is CCCCCCNCC1(C(C)C)CC1. The maximum atomic E-state index is 3.63. The van der Waals surface area contributed by atoms with Gasteiger partial charge in [0.2, 0.25) is 0 Å². The van der Waals surface area contributed by atoms with Gasteiger partial charge in [-0.25, -0.2) is 0 Å². The molecule has 1 aliphatic carbocycles. The summed E-state index contributed by atoms with van der Waals surface area (Å²) >= 11 is 0. The number of hydrogen-bond donors (Lipinski definition) is 1. The van der Waals surface area contributed by atoms with Gasteiger partial charge in [-0.3, -0.25) is 0 Å². The maximum Gasteiger partial charge on any atom is 0.00103 e. The standard InChI is InChI=1S/C13H27N/c1-4-5-6-7-10-14-11-13(8-9-13)12(2)3/h12,14H,4-11H2,1-3H3. The summed E-state index contributed by atoms with van der Waals surface area (Å²) in [7, 11) is 0. The van der Waals surface area contributed by atoms with E-state index in [4.69, 9.17) is 0 Å². The van der Waals surface area contributed by atoms with Crippen LogP contribution in [0.3, 0.4) is 0 Å². The Morgan fingerprint density at radius 2 is 1.86 bits per heavy atom. The highest BCUT2D eigenvalue weighted by Gasteiger charge is 2.44. The van der Waals surface area contributed by atoms with Crippen molar-refractivity contribution in [2.24, 2.45) is 11.3 Å². The van der Waals surface area contributed by atoms with Crippen molar-refractivity contribution in [3.63, 3.8) is 0 Å². The van der Waals surface area contributed by atoms with Crippen LogP contribution in [0, 0.1) is 11.3 Å². The van der Waals surface area contributed by atoms with Gasteiger partial charge in [0, 0.05) is 6.54 Å². The predicted octanol–water partition coefficient (Wildman–Crippen LogP) is 3.59. The molecule has 0 spiro atoms. The third-order valence-corrected chi connectivity index (χ3v) is 3.80. The van der Waals surface area contributed by atoms with Gasteiger partial charge in [0.1, 0.15) is 0 Å². The molecular weight excluding hydrogens is 170 g/mol. The molecule has 1 N–H and O–H groups in total. The molecule has 0 heterocycles. The molecule has 0 aromatic carbocycles. The lowest BCUT2D eigenvalue weighted by molar-refractivity contribution is 0.337. The van der Waals surface area contributed by atoms with E-state index in [1.54, 1.807) is 0 Å². The number of nitrogens with one attached hydrogen (secondary N) is 1. The number of rotatable bonds is 8. The van der Waals surface area contributed by atoms with E-state index in [0.717, 1.165) is 5.92 Å². The van der Waals surface area contributed by atoms with Gasteiger partial charge in [0.05, 0.1) is 0 Å². The molecule has 0 aromatic rings. The maximum absolute atomic E-state index is 3.63. The van der Waals surface area contributed by atoms with Crippen molar-refractivity contribution in [3.8, 4) is 0 Å². The monoisotopic (exact) mass is 197 g/mol. The summed E-state index contributed by atoms with van der Waals surface area (Å²) in [5.74, 6) is 0.866. The van der Waals surface area contributed by atoms with E-state index in [0.29, 0.717) is 5.41 Å². The van der Waals surface area contributed by atoms with E-state index in [-0.39, 0.29) is 0 Å². The van der Waals surface area contributed by atoms with Gasteiger partial charge in [-0.2, -0.15) is 0 Å². The first-order chi connectivity index (χ1) is 6.71. The number of unbranched alkanes of at least 4 members (excludes halogenated alkanes) is 3. The highest BCUT2D eigenvalue weighted by atomic mass is 14.9. The van der Waals surface area contributed by atoms with Crippen LogP contribution in [-0.4, -0.2) is 13.1 Å². The van der Waals surface area contributed by atoms with E-state index >= 15 is 0 Å². The van der Waals surface area contributed by atoms with Crippen LogP contribution in [-0.2, 0) is 0 Å². The fraction of sp³-hybridized carbons (Fsp3) is 1.00. The van der Waals surface area contributed by atoms with Crippen LogP contribution in [0.4, 0.5) is 0 Å². The Bertz CT molecular complexity index is 147. The first-order valence-corrected chi connectivity index (χ1v) is 6.42. The van der Waals surface area contributed by atoms with Crippen LogP contribution < -0.4 is 5.32 Å². The van der Waals surface area contributed by atoms with Gasteiger partial charge in [0.15, 0.2) is 0 Å². The molecule has 1 rings (SSSR count). The molecule has 0 saturated heterocycles. The molecule has 84 valence electrons. The second-order valence-electron chi connectivity index (χ2n) is 5.25. The van der Waals surface area contributed by atoms with Gasteiger partial charge in [-0.05, 0) is 37.1 Å². The van der Waals surface area contributed by atoms with Gasteiger partial charge < -0.3 is 5.32 Å². The lowest BCUT2D eigenvalue weighted by atomic mass is 9.92. The van der Waals surface area contributed by atoms with Crippen molar-refractivity contribution in [1.82, 2.24) is 5.32 Å². The highest BCUT2D eigenvalue weighted by molar-refractivity contribution is 4.96. The molecule has 0 aromatic heterocycles. The van der Waals surface area contributed by atoms with Crippen LogP contribution in [0.25, 0.3) is 0 Å². The Morgan fingerprint density at radius 3 is 2.36 bits per heavy atom. The Balaban J connectivity index is 1.94. The molecule has 0 amide bonds. The van der Waals surface area contributed by atoms with E-state index < -0.39 is 0 Å². The molecule has 1 heteroatoms. The summed E-state index contributed by atoms with van der Waals surface area (Å²) in [6.45, 7) is 9.49. The van der Waals surface area contributed by atoms with Crippen molar-refractivity contribution < 1.29 is 0 Å². The molecule has 0 aliphatic heterocycles. The van der Waals surface area contributed by atoms with Crippen LogP contribution in [0.1, 0.15) is 59.3 Å². The number of hydrogen-bond acceptors (Lipinski definition) is 1. The largest absolute Gasteiger partial charge is 0.316 e. The third-order valence-electron chi connectivity index (χ3n) is 3.80. The minimum atomic E-state index is 0.685. The summed E-state index contributed by atoms with van der Waals surface area (Å²) in [5, 5.41) is 3.63. The van der Waals surface area contributed by atoms with Crippen molar-refractivity contribution >= 4 is 0 Å². The predicted molar refractivity (Wildman–Crippen MR) is 63.5 cm³/mol. The van der Waals surface area contributed by atoms with E-state index in [1.807, 2.05) is 0 Å². The smallest absolute Gasteiger partial charge is 0.00103 e. The summed E-state index contributed by atoms with van der Waals surface area (Å²) in [6.07, 6.45) is 8.41. The lowest BCUT2D eigenvalue weighted by Crippen LogP contribution is -2.28. The zero-order valence-corrected chi connectivity index (χ0v) is 10.2. The molecule has 1 nitrogen and oxygen atoms in total. The summed E-state index contributed by atoms with van der Waals surface area (Å²) < 4.78 is 0. The van der Waals surface area contributed by atoms with E-state index in [2.05, 4.69) is 26.1 Å². The topological polar surface area (TPSA) is 12.0 Å². The molecule has 1 saturated carbocycles. The first-order valence-electron chi connectivity index (χ1n) is 6.42. The van der Waals surface area contributed by atoms with Gasteiger partial charge in [-0.15, -0.1) is 0 Å². The van der Waals surface area contributed by atoms with Crippen LogP contribution >= 0.6 is 0 Å². The van der Waals surface area contributed by atoms with Crippen molar-refractivity contribution in [2.45, 2.75) is 59.3 Å². The van der Waals surface area contributed by atoms with Crippen LogP contribution in [0.2, 0.25) is 0 Å². The van der Waals surface area contributed by atoms with Crippen molar-refractivity contribution in [1.29, 1.82) is 0 Å². The Morgan fingerprint density at radius 1 is 1.14 bits per heavy atom. The fourth-order valence-electron chi connectivity index (χ4n) is 2.13. The minimum absolute atomic E-state index is 0.685.